The van der Waals surface area contributed by atoms with Crippen LogP contribution in [0.2, 0.25) is 0 Å². The predicted molar refractivity (Wildman–Crippen MR) is 79.2 cm³/mol. The molecule has 1 heterocycles. The summed E-state index contributed by atoms with van der Waals surface area (Å²) >= 11 is 0. The van der Waals surface area contributed by atoms with Gasteiger partial charge in [0.2, 0.25) is 5.95 Å². The molecule has 0 bridgehead atoms. The fourth-order valence-corrected chi connectivity index (χ4v) is 1.64. The van der Waals surface area contributed by atoms with E-state index >= 15 is 0 Å². The van der Waals surface area contributed by atoms with Crippen LogP contribution < -0.4 is 10.6 Å². The number of anilines is 2. The Hall–Kier alpha value is -2.10. The molecule has 0 aliphatic rings. The van der Waals surface area contributed by atoms with Crippen molar-refractivity contribution in [2.24, 2.45) is 0 Å². The van der Waals surface area contributed by atoms with Crippen LogP contribution >= 0.6 is 0 Å². The molecular weight excluding hydrogens is 236 g/mol. The van der Waals surface area contributed by atoms with E-state index < -0.39 is 0 Å². The quantitative estimate of drug-likeness (QED) is 0.881. The highest BCUT2D eigenvalue weighted by Crippen LogP contribution is 2.12. The zero-order chi connectivity index (χ0) is 13.7. The zero-order valence-corrected chi connectivity index (χ0v) is 11.6. The first-order valence-corrected chi connectivity index (χ1v) is 6.42. The second-order valence-electron chi connectivity index (χ2n) is 5.48. The molecule has 0 fully saturated rings. The minimum absolute atomic E-state index is 0.0436. The normalized spacial score (nSPS) is 11.1. The van der Waals surface area contributed by atoms with Crippen molar-refractivity contribution in [1.82, 2.24) is 9.97 Å². The molecule has 0 atom stereocenters. The monoisotopic (exact) mass is 256 g/mol. The topological polar surface area (TPSA) is 49.8 Å². The second kappa shape index (κ2) is 5.69. The summed E-state index contributed by atoms with van der Waals surface area (Å²) in [5.74, 6) is 1.47. The highest BCUT2D eigenvalue weighted by Gasteiger charge is 2.11. The molecule has 0 saturated heterocycles. The Morgan fingerprint density at radius 2 is 1.79 bits per heavy atom. The van der Waals surface area contributed by atoms with Gasteiger partial charge in [-0.3, -0.25) is 0 Å². The van der Waals surface area contributed by atoms with Gasteiger partial charge in [0.1, 0.15) is 5.82 Å². The van der Waals surface area contributed by atoms with Crippen molar-refractivity contribution in [3.63, 3.8) is 0 Å². The average molecular weight is 256 g/mol. The number of nitrogens with one attached hydrogen (secondary N) is 2. The summed E-state index contributed by atoms with van der Waals surface area (Å²) in [6.45, 7) is 7.01. The van der Waals surface area contributed by atoms with E-state index in [1.807, 2.05) is 24.3 Å². The van der Waals surface area contributed by atoms with E-state index in [9.17, 15) is 0 Å². The first-order valence-electron chi connectivity index (χ1n) is 6.42. The Morgan fingerprint density at radius 3 is 2.47 bits per heavy atom. The summed E-state index contributed by atoms with van der Waals surface area (Å²) in [6.07, 6.45) is 1.76. The standard InChI is InChI=1S/C15H20N4/c1-15(2,3)19-14-16-10-9-13(18-14)17-11-12-7-5-4-6-8-12/h4-10H,11H2,1-3H3,(H2,16,17,18,19). The molecule has 0 spiro atoms. The summed E-state index contributed by atoms with van der Waals surface area (Å²) in [5, 5.41) is 6.55. The molecule has 0 amide bonds. The van der Waals surface area contributed by atoms with E-state index in [4.69, 9.17) is 0 Å². The van der Waals surface area contributed by atoms with E-state index in [2.05, 4.69) is 53.5 Å². The van der Waals surface area contributed by atoms with Gasteiger partial charge >= 0.3 is 0 Å². The van der Waals surface area contributed by atoms with Crippen LogP contribution in [0.3, 0.4) is 0 Å². The molecule has 2 rings (SSSR count). The van der Waals surface area contributed by atoms with Gasteiger partial charge in [-0.25, -0.2) is 4.98 Å². The summed E-state index contributed by atoms with van der Waals surface area (Å²) in [7, 11) is 0. The second-order valence-corrected chi connectivity index (χ2v) is 5.48. The molecule has 4 heteroatoms. The van der Waals surface area contributed by atoms with Crippen molar-refractivity contribution in [3.8, 4) is 0 Å². The van der Waals surface area contributed by atoms with Crippen LogP contribution in [0.1, 0.15) is 26.3 Å². The van der Waals surface area contributed by atoms with Crippen LogP contribution in [0.25, 0.3) is 0 Å². The molecule has 1 aromatic carbocycles. The number of hydrogen-bond acceptors (Lipinski definition) is 4. The lowest BCUT2D eigenvalue weighted by atomic mass is 10.1. The number of hydrogen-bond donors (Lipinski definition) is 2. The highest BCUT2D eigenvalue weighted by molar-refractivity contribution is 5.41. The van der Waals surface area contributed by atoms with Crippen molar-refractivity contribution in [2.45, 2.75) is 32.9 Å². The van der Waals surface area contributed by atoms with E-state index in [0.717, 1.165) is 12.4 Å². The largest absolute Gasteiger partial charge is 0.366 e. The minimum Gasteiger partial charge on any atom is -0.366 e. The molecule has 4 nitrogen and oxygen atoms in total. The molecule has 19 heavy (non-hydrogen) atoms. The fraction of sp³-hybridized carbons (Fsp3) is 0.333. The van der Waals surface area contributed by atoms with Gasteiger partial charge in [-0.1, -0.05) is 30.3 Å². The van der Waals surface area contributed by atoms with Gasteiger partial charge in [0.15, 0.2) is 0 Å². The van der Waals surface area contributed by atoms with Crippen molar-refractivity contribution in [2.75, 3.05) is 10.6 Å². The zero-order valence-electron chi connectivity index (χ0n) is 11.6. The minimum atomic E-state index is -0.0436. The summed E-state index contributed by atoms with van der Waals surface area (Å²) < 4.78 is 0. The Kier molecular flexibility index (Phi) is 4.00. The maximum atomic E-state index is 4.44. The maximum Gasteiger partial charge on any atom is 0.224 e. The fourth-order valence-electron chi connectivity index (χ4n) is 1.64. The summed E-state index contributed by atoms with van der Waals surface area (Å²) in [4.78, 5) is 8.66. The Morgan fingerprint density at radius 1 is 1.05 bits per heavy atom. The van der Waals surface area contributed by atoms with Crippen molar-refractivity contribution < 1.29 is 0 Å². The molecule has 100 valence electrons. The molecule has 0 aliphatic carbocycles. The molecule has 0 radical (unpaired) electrons. The number of rotatable bonds is 4. The molecule has 0 unspecified atom stereocenters. The van der Waals surface area contributed by atoms with E-state index in [0.29, 0.717) is 5.95 Å². The Labute approximate surface area is 114 Å². The third-order valence-corrected chi connectivity index (χ3v) is 2.46. The van der Waals surface area contributed by atoms with Gasteiger partial charge in [-0.2, -0.15) is 4.98 Å². The summed E-state index contributed by atoms with van der Waals surface area (Å²) in [6, 6.07) is 12.1. The van der Waals surface area contributed by atoms with E-state index in [-0.39, 0.29) is 5.54 Å². The lowest BCUT2D eigenvalue weighted by Gasteiger charge is -2.20. The van der Waals surface area contributed by atoms with Crippen LogP contribution in [-0.4, -0.2) is 15.5 Å². The van der Waals surface area contributed by atoms with Gasteiger partial charge in [0.25, 0.3) is 0 Å². The van der Waals surface area contributed by atoms with Crippen LogP contribution in [0.4, 0.5) is 11.8 Å². The lowest BCUT2D eigenvalue weighted by molar-refractivity contribution is 0.626. The van der Waals surface area contributed by atoms with Crippen molar-refractivity contribution in [3.05, 3.63) is 48.2 Å². The predicted octanol–water partition coefficient (Wildman–Crippen LogP) is 3.30. The summed E-state index contributed by atoms with van der Waals surface area (Å²) in [5.41, 5.74) is 1.18. The molecular formula is C15H20N4. The SMILES string of the molecule is CC(C)(C)Nc1nccc(NCc2ccccc2)n1. The van der Waals surface area contributed by atoms with E-state index in [1.165, 1.54) is 5.56 Å². The molecule has 1 aromatic heterocycles. The first-order chi connectivity index (χ1) is 9.03. The third-order valence-electron chi connectivity index (χ3n) is 2.46. The Bertz CT molecular complexity index is 517. The Balaban J connectivity index is 1.99. The molecule has 2 N–H and O–H groups in total. The third kappa shape index (κ3) is 4.58. The van der Waals surface area contributed by atoms with Crippen LogP contribution in [0, 0.1) is 0 Å². The number of benzene rings is 1. The van der Waals surface area contributed by atoms with Gasteiger partial charge < -0.3 is 10.6 Å². The van der Waals surface area contributed by atoms with Gasteiger partial charge in [0.05, 0.1) is 0 Å². The molecule has 0 aliphatic heterocycles. The van der Waals surface area contributed by atoms with Crippen molar-refractivity contribution >= 4 is 11.8 Å². The van der Waals surface area contributed by atoms with Crippen LogP contribution in [0.15, 0.2) is 42.6 Å². The van der Waals surface area contributed by atoms with E-state index in [1.54, 1.807) is 6.20 Å². The first kappa shape index (κ1) is 13.3. The van der Waals surface area contributed by atoms with Gasteiger partial charge in [-0.05, 0) is 32.4 Å². The highest BCUT2D eigenvalue weighted by atomic mass is 15.2. The van der Waals surface area contributed by atoms with Gasteiger partial charge in [0, 0.05) is 18.3 Å². The lowest BCUT2D eigenvalue weighted by Crippen LogP contribution is -2.27. The molecule has 0 saturated carbocycles. The maximum absolute atomic E-state index is 4.44. The van der Waals surface area contributed by atoms with Crippen molar-refractivity contribution in [1.29, 1.82) is 0 Å². The number of nitrogens with zero attached hydrogens (tertiary/aromatic N) is 2. The smallest absolute Gasteiger partial charge is 0.224 e. The molecule has 2 aromatic rings. The van der Waals surface area contributed by atoms with Crippen LogP contribution in [0.5, 0.6) is 0 Å². The number of aromatic nitrogens is 2. The average Bonchev–Trinajstić information content (AvgIpc) is 2.36. The van der Waals surface area contributed by atoms with Crippen LogP contribution in [-0.2, 0) is 6.54 Å². The van der Waals surface area contributed by atoms with Gasteiger partial charge in [-0.15, -0.1) is 0 Å².